The Morgan fingerprint density at radius 3 is 2.75 bits per heavy atom. The highest BCUT2D eigenvalue weighted by Crippen LogP contribution is 2.37. The van der Waals surface area contributed by atoms with Crippen molar-refractivity contribution in [3.05, 3.63) is 26.6 Å². The molecule has 0 N–H and O–H groups in total. The lowest BCUT2D eigenvalue weighted by Gasteiger charge is -2.29. The molecule has 2 heterocycles. The van der Waals surface area contributed by atoms with E-state index in [0.717, 1.165) is 16.6 Å². The first-order chi connectivity index (χ1) is 9.65. The fourth-order valence-corrected chi connectivity index (χ4v) is 4.48. The molecule has 106 valence electrons. The zero-order chi connectivity index (χ0) is 14.1. The Kier molecular flexibility index (Phi) is 4.52. The Bertz CT molecular complexity index is 575. The summed E-state index contributed by atoms with van der Waals surface area (Å²) in [7, 11) is 0. The van der Waals surface area contributed by atoms with E-state index in [2.05, 4.69) is 22.6 Å². The standard InChI is InChI=1S/C14H14INO2S2/c15-12-7-6-10(18-12)8-11-13(17)16(14(19)20-11)9-4-2-1-3-5-9/h6-9H,1-5H2. The van der Waals surface area contributed by atoms with Crippen LogP contribution in [0.15, 0.2) is 21.5 Å². The second-order valence-corrected chi connectivity index (χ2v) is 7.72. The molecular weight excluding hydrogens is 405 g/mol. The number of thioether (sulfide) groups is 1. The molecule has 1 saturated heterocycles. The number of carbonyl (C=O) groups is 1. The van der Waals surface area contributed by atoms with Gasteiger partial charge >= 0.3 is 0 Å². The first-order valence-electron chi connectivity index (χ1n) is 6.67. The van der Waals surface area contributed by atoms with Crippen molar-refractivity contribution in [2.24, 2.45) is 0 Å². The van der Waals surface area contributed by atoms with Crippen molar-refractivity contribution in [2.75, 3.05) is 0 Å². The molecule has 3 rings (SSSR count). The second kappa shape index (κ2) is 6.19. The Morgan fingerprint density at radius 2 is 2.10 bits per heavy atom. The molecule has 6 heteroatoms. The van der Waals surface area contributed by atoms with Crippen LogP contribution in [0.1, 0.15) is 37.9 Å². The average molecular weight is 419 g/mol. The van der Waals surface area contributed by atoms with E-state index in [1.165, 1.54) is 31.0 Å². The van der Waals surface area contributed by atoms with Gasteiger partial charge in [-0.05, 0) is 47.6 Å². The van der Waals surface area contributed by atoms with Crippen LogP contribution in [0.3, 0.4) is 0 Å². The van der Waals surface area contributed by atoms with E-state index in [1.807, 2.05) is 17.0 Å². The van der Waals surface area contributed by atoms with E-state index in [0.29, 0.717) is 21.0 Å². The van der Waals surface area contributed by atoms with Crippen LogP contribution in [0.2, 0.25) is 0 Å². The molecule has 20 heavy (non-hydrogen) atoms. The summed E-state index contributed by atoms with van der Waals surface area (Å²) in [5, 5.41) is 0. The molecule has 1 aliphatic heterocycles. The van der Waals surface area contributed by atoms with E-state index < -0.39 is 0 Å². The summed E-state index contributed by atoms with van der Waals surface area (Å²) < 4.78 is 7.00. The molecule has 0 bridgehead atoms. The molecule has 1 aromatic heterocycles. The number of hydrogen-bond acceptors (Lipinski definition) is 4. The van der Waals surface area contributed by atoms with Gasteiger partial charge in [0, 0.05) is 12.1 Å². The number of hydrogen-bond donors (Lipinski definition) is 0. The van der Waals surface area contributed by atoms with Gasteiger partial charge in [-0.15, -0.1) is 0 Å². The lowest BCUT2D eigenvalue weighted by atomic mass is 9.94. The summed E-state index contributed by atoms with van der Waals surface area (Å²) in [5.74, 6) is 0.747. The van der Waals surface area contributed by atoms with Crippen molar-refractivity contribution in [3.8, 4) is 0 Å². The fraction of sp³-hybridized carbons (Fsp3) is 0.429. The van der Waals surface area contributed by atoms with Crippen LogP contribution < -0.4 is 0 Å². The summed E-state index contributed by atoms with van der Waals surface area (Å²) in [4.78, 5) is 15.0. The van der Waals surface area contributed by atoms with E-state index >= 15 is 0 Å². The van der Waals surface area contributed by atoms with Crippen molar-refractivity contribution < 1.29 is 9.21 Å². The molecule has 0 spiro atoms. The minimum absolute atomic E-state index is 0.0401. The minimum Gasteiger partial charge on any atom is -0.451 e. The lowest BCUT2D eigenvalue weighted by molar-refractivity contribution is -0.124. The molecule has 0 radical (unpaired) electrons. The van der Waals surface area contributed by atoms with Crippen molar-refractivity contribution in [3.63, 3.8) is 0 Å². The Hall–Kier alpha value is -0.340. The number of amides is 1. The van der Waals surface area contributed by atoms with Crippen molar-refractivity contribution in [2.45, 2.75) is 38.1 Å². The highest BCUT2D eigenvalue weighted by molar-refractivity contribution is 14.1. The summed E-state index contributed by atoms with van der Waals surface area (Å²) in [6.07, 6.45) is 7.58. The lowest BCUT2D eigenvalue weighted by Crippen LogP contribution is -2.39. The van der Waals surface area contributed by atoms with Gasteiger partial charge in [-0.1, -0.05) is 43.2 Å². The second-order valence-electron chi connectivity index (χ2n) is 4.99. The van der Waals surface area contributed by atoms with E-state index in [9.17, 15) is 4.79 Å². The maximum Gasteiger partial charge on any atom is 0.266 e. The Balaban J connectivity index is 1.81. The zero-order valence-corrected chi connectivity index (χ0v) is 14.6. The molecule has 1 aliphatic carbocycles. The Morgan fingerprint density at radius 1 is 1.35 bits per heavy atom. The van der Waals surface area contributed by atoms with Crippen LogP contribution in [0.5, 0.6) is 0 Å². The largest absolute Gasteiger partial charge is 0.451 e. The maximum atomic E-state index is 12.5. The third-order valence-corrected chi connectivity index (χ3v) is 5.54. The third-order valence-electron chi connectivity index (χ3n) is 3.63. The number of nitrogens with zero attached hydrogens (tertiary/aromatic N) is 1. The van der Waals surface area contributed by atoms with E-state index in [4.69, 9.17) is 16.6 Å². The molecule has 1 amide bonds. The summed E-state index contributed by atoms with van der Waals surface area (Å²) >= 11 is 8.89. The van der Waals surface area contributed by atoms with Crippen LogP contribution in [-0.2, 0) is 4.79 Å². The molecule has 0 unspecified atom stereocenters. The normalized spacial score (nSPS) is 23.1. The van der Waals surface area contributed by atoms with Crippen LogP contribution in [-0.4, -0.2) is 21.2 Å². The van der Waals surface area contributed by atoms with Gasteiger partial charge in [-0.2, -0.15) is 0 Å². The molecule has 3 nitrogen and oxygen atoms in total. The average Bonchev–Trinajstić information content (AvgIpc) is 2.96. The first-order valence-corrected chi connectivity index (χ1v) is 8.98. The number of thiocarbonyl (C=S) groups is 1. The van der Waals surface area contributed by atoms with Gasteiger partial charge in [0.05, 0.1) is 4.91 Å². The topological polar surface area (TPSA) is 33.5 Å². The minimum atomic E-state index is 0.0401. The molecule has 0 aromatic carbocycles. The maximum absolute atomic E-state index is 12.5. The quantitative estimate of drug-likeness (QED) is 0.404. The van der Waals surface area contributed by atoms with Gasteiger partial charge in [0.15, 0.2) is 3.77 Å². The van der Waals surface area contributed by atoms with Gasteiger partial charge in [0.2, 0.25) is 0 Å². The highest BCUT2D eigenvalue weighted by atomic mass is 127. The zero-order valence-electron chi connectivity index (χ0n) is 10.8. The van der Waals surface area contributed by atoms with Crippen LogP contribution in [0, 0.1) is 3.77 Å². The molecule has 1 aromatic rings. The van der Waals surface area contributed by atoms with Gasteiger partial charge in [-0.3, -0.25) is 9.69 Å². The summed E-state index contributed by atoms with van der Waals surface area (Å²) in [6.45, 7) is 0. The van der Waals surface area contributed by atoms with Crippen LogP contribution in [0.4, 0.5) is 0 Å². The third kappa shape index (κ3) is 2.96. The SMILES string of the molecule is O=C1C(=Cc2ccc(I)o2)SC(=S)N1C1CCCCC1. The molecule has 0 atom stereocenters. The number of furan rings is 1. The first kappa shape index (κ1) is 14.6. The van der Waals surface area contributed by atoms with E-state index in [1.54, 1.807) is 6.08 Å². The number of halogens is 1. The van der Waals surface area contributed by atoms with Crippen LogP contribution in [0.25, 0.3) is 6.08 Å². The summed E-state index contributed by atoms with van der Waals surface area (Å²) in [5.41, 5.74) is 0. The predicted octanol–water partition coefficient (Wildman–Crippen LogP) is 4.42. The smallest absolute Gasteiger partial charge is 0.266 e. The van der Waals surface area contributed by atoms with Crippen molar-refractivity contribution in [1.82, 2.24) is 4.90 Å². The van der Waals surface area contributed by atoms with Crippen LogP contribution >= 0.6 is 46.6 Å². The monoisotopic (exact) mass is 419 g/mol. The number of carbonyl (C=O) groups excluding carboxylic acids is 1. The fourth-order valence-electron chi connectivity index (χ4n) is 2.67. The number of rotatable bonds is 2. The molecule has 2 fully saturated rings. The molecule has 1 saturated carbocycles. The highest BCUT2D eigenvalue weighted by Gasteiger charge is 2.37. The molecular formula is C14H14INO2S2. The van der Waals surface area contributed by atoms with Crippen molar-refractivity contribution in [1.29, 1.82) is 0 Å². The van der Waals surface area contributed by atoms with E-state index in [-0.39, 0.29) is 5.91 Å². The predicted molar refractivity (Wildman–Crippen MR) is 93.3 cm³/mol. The van der Waals surface area contributed by atoms with Gasteiger partial charge in [0.1, 0.15) is 10.1 Å². The molecule has 2 aliphatic rings. The van der Waals surface area contributed by atoms with Gasteiger partial charge < -0.3 is 4.42 Å². The van der Waals surface area contributed by atoms with Gasteiger partial charge in [0.25, 0.3) is 5.91 Å². The van der Waals surface area contributed by atoms with Crippen molar-refractivity contribution >= 4 is 62.9 Å². The Labute approximate surface area is 141 Å². The van der Waals surface area contributed by atoms with Gasteiger partial charge in [-0.25, -0.2) is 0 Å². The summed E-state index contributed by atoms with van der Waals surface area (Å²) in [6, 6.07) is 4.04.